The van der Waals surface area contributed by atoms with Gasteiger partial charge in [-0.1, -0.05) is 25.1 Å². The number of rotatable bonds is 4. The summed E-state index contributed by atoms with van der Waals surface area (Å²) in [5.74, 6) is 0. The highest BCUT2D eigenvalue weighted by molar-refractivity contribution is 5.53. The molecule has 1 heterocycles. The summed E-state index contributed by atoms with van der Waals surface area (Å²) in [5, 5.41) is 3.63. The van der Waals surface area contributed by atoms with Crippen LogP contribution in [-0.2, 0) is 11.3 Å². The second-order valence-corrected chi connectivity index (χ2v) is 5.25. The van der Waals surface area contributed by atoms with Crippen molar-refractivity contribution < 1.29 is 4.74 Å². The Bertz CT molecular complexity index is 381. The highest BCUT2D eigenvalue weighted by atomic mass is 16.5. The molecule has 1 fully saturated rings. The van der Waals surface area contributed by atoms with Gasteiger partial charge < -0.3 is 15.0 Å². The van der Waals surface area contributed by atoms with Crippen LogP contribution in [0.1, 0.15) is 31.7 Å². The molecule has 2 rings (SSSR count). The number of nitrogens with one attached hydrogen (secondary N) is 1. The second-order valence-electron chi connectivity index (χ2n) is 5.25. The molecule has 1 aromatic carbocycles. The van der Waals surface area contributed by atoms with E-state index in [0.29, 0.717) is 12.6 Å². The van der Waals surface area contributed by atoms with Gasteiger partial charge in [0.2, 0.25) is 0 Å². The third-order valence-corrected chi connectivity index (χ3v) is 3.91. The Balaban J connectivity index is 2.10. The van der Waals surface area contributed by atoms with E-state index in [1.807, 2.05) is 0 Å². The van der Waals surface area contributed by atoms with E-state index in [0.717, 1.165) is 19.6 Å². The first-order valence-electron chi connectivity index (χ1n) is 7.40. The van der Waals surface area contributed by atoms with Crippen LogP contribution < -0.4 is 10.2 Å². The van der Waals surface area contributed by atoms with E-state index in [-0.39, 0.29) is 0 Å². The van der Waals surface area contributed by atoms with Gasteiger partial charge in [0.15, 0.2) is 0 Å². The fourth-order valence-electron chi connectivity index (χ4n) is 2.79. The van der Waals surface area contributed by atoms with Crippen LogP contribution in [0.2, 0.25) is 0 Å². The molecule has 1 N–H and O–H groups in total. The van der Waals surface area contributed by atoms with Crippen molar-refractivity contribution in [3.63, 3.8) is 0 Å². The maximum atomic E-state index is 5.32. The van der Waals surface area contributed by atoms with E-state index in [2.05, 4.69) is 41.4 Å². The molecule has 0 aromatic heterocycles. The molecule has 1 aliphatic rings. The van der Waals surface area contributed by atoms with E-state index in [9.17, 15) is 0 Å². The molecule has 0 radical (unpaired) electrons. The highest BCUT2D eigenvalue weighted by Crippen LogP contribution is 2.22. The second kappa shape index (κ2) is 7.51. The van der Waals surface area contributed by atoms with E-state index in [4.69, 9.17) is 4.74 Å². The average molecular weight is 262 g/mol. The molecule has 1 unspecified atom stereocenters. The molecule has 1 saturated heterocycles. The molecule has 3 heteroatoms. The fraction of sp³-hybridized carbons (Fsp3) is 0.625. The number of anilines is 1. The minimum absolute atomic E-state index is 0.664. The maximum Gasteiger partial charge on any atom is 0.0733 e. The summed E-state index contributed by atoms with van der Waals surface area (Å²) in [6.07, 6.45) is 3.64. The monoisotopic (exact) mass is 262 g/mol. The van der Waals surface area contributed by atoms with Crippen LogP contribution in [0.4, 0.5) is 5.69 Å². The van der Waals surface area contributed by atoms with Gasteiger partial charge in [0.25, 0.3) is 0 Å². The Hall–Kier alpha value is -1.06. The van der Waals surface area contributed by atoms with Crippen molar-refractivity contribution in [2.75, 3.05) is 31.6 Å². The zero-order valence-corrected chi connectivity index (χ0v) is 12.2. The van der Waals surface area contributed by atoms with Crippen LogP contribution >= 0.6 is 0 Å². The molecule has 1 aromatic rings. The van der Waals surface area contributed by atoms with Gasteiger partial charge in [-0.05, 0) is 31.9 Å². The topological polar surface area (TPSA) is 24.5 Å². The van der Waals surface area contributed by atoms with Crippen LogP contribution in [0, 0.1) is 0 Å². The first-order chi connectivity index (χ1) is 9.35. The third kappa shape index (κ3) is 3.95. The minimum Gasteiger partial charge on any atom is -0.380 e. The Labute approximate surface area is 116 Å². The summed E-state index contributed by atoms with van der Waals surface area (Å²) >= 11 is 0. The molecule has 3 nitrogen and oxygen atoms in total. The van der Waals surface area contributed by atoms with Gasteiger partial charge in [-0.3, -0.25) is 0 Å². The van der Waals surface area contributed by atoms with Gasteiger partial charge in [-0.25, -0.2) is 0 Å². The Morgan fingerprint density at radius 3 is 2.95 bits per heavy atom. The number of para-hydroxylation sites is 1. The standard InChI is InChI=1S/C16H26N2O/c1-3-15-9-12-18(11-6-10-17-15)16-8-5-4-7-14(16)13-19-2/h4-5,7-8,15,17H,3,6,9-13H2,1-2H3. The number of benzene rings is 1. The summed E-state index contributed by atoms with van der Waals surface area (Å²) in [5.41, 5.74) is 2.65. The SMILES string of the molecule is CCC1CCN(c2ccccc2COC)CCCN1. The van der Waals surface area contributed by atoms with E-state index in [1.165, 1.54) is 30.5 Å². The Morgan fingerprint density at radius 1 is 1.32 bits per heavy atom. The van der Waals surface area contributed by atoms with Crippen LogP contribution in [0.5, 0.6) is 0 Å². The van der Waals surface area contributed by atoms with Crippen molar-refractivity contribution in [1.82, 2.24) is 5.32 Å². The number of nitrogens with zero attached hydrogens (tertiary/aromatic N) is 1. The van der Waals surface area contributed by atoms with Crippen molar-refractivity contribution in [3.8, 4) is 0 Å². The van der Waals surface area contributed by atoms with Gasteiger partial charge in [0, 0.05) is 37.5 Å². The molecule has 0 bridgehead atoms. The van der Waals surface area contributed by atoms with Crippen LogP contribution in [-0.4, -0.2) is 32.8 Å². The fourth-order valence-corrected chi connectivity index (χ4v) is 2.79. The lowest BCUT2D eigenvalue weighted by molar-refractivity contribution is 0.185. The average Bonchev–Trinajstić information content (AvgIpc) is 2.41. The number of hydrogen-bond acceptors (Lipinski definition) is 3. The first-order valence-corrected chi connectivity index (χ1v) is 7.40. The molecule has 19 heavy (non-hydrogen) atoms. The predicted molar refractivity (Wildman–Crippen MR) is 80.7 cm³/mol. The smallest absolute Gasteiger partial charge is 0.0733 e. The van der Waals surface area contributed by atoms with Crippen molar-refractivity contribution in [2.24, 2.45) is 0 Å². The summed E-state index contributed by atoms with van der Waals surface area (Å²) < 4.78 is 5.32. The minimum atomic E-state index is 0.664. The first kappa shape index (κ1) is 14.4. The van der Waals surface area contributed by atoms with Crippen LogP contribution in [0.3, 0.4) is 0 Å². The lowest BCUT2D eigenvalue weighted by atomic mass is 10.1. The molecule has 0 spiro atoms. The summed E-state index contributed by atoms with van der Waals surface area (Å²) in [4.78, 5) is 2.53. The molecule has 106 valence electrons. The molecule has 0 amide bonds. The number of methoxy groups -OCH3 is 1. The van der Waals surface area contributed by atoms with Gasteiger partial charge in [-0.15, -0.1) is 0 Å². The highest BCUT2D eigenvalue weighted by Gasteiger charge is 2.15. The van der Waals surface area contributed by atoms with Crippen molar-refractivity contribution in [2.45, 2.75) is 38.8 Å². The molecular weight excluding hydrogens is 236 g/mol. The molecule has 0 saturated carbocycles. The van der Waals surface area contributed by atoms with E-state index >= 15 is 0 Å². The van der Waals surface area contributed by atoms with Gasteiger partial charge >= 0.3 is 0 Å². The van der Waals surface area contributed by atoms with Crippen molar-refractivity contribution in [1.29, 1.82) is 0 Å². The van der Waals surface area contributed by atoms with Crippen LogP contribution in [0.25, 0.3) is 0 Å². The van der Waals surface area contributed by atoms with Gasteiger partial charge in [-0.2, -0.15) is 0 Å². The lowest BCUT2D eigenvalue weighted by Crippen LogP contribution is -2.39. The van der Waals surface area contributed by atoms with Crippen molar-refractivity contribution in [3.05, 3.63) is 29.8 Å². The Kier molecular flexibility index (Phi) is 5.67. The van der Waals surface area contributed by atoms with E-state index in [1.54, 1.807) is 7.11 Å². The number of hydrogen-bond donors (Lipinski definition) is 1. The normalized spacial score (nSPS) is 20.9. The molecular formula is C16H26N2O. The van der Waals surface area contributed by atoms with Gasteiger partial charge in [0.1, 0.15) is 0 Å². The Morgan fingerprint density at radius 2 is 2.16 bits per heavy atom. The summed E-state index contributed by atoms with van der Waals surface area (Å²) in [6.45, 7) is 6.35. The predicted octanol–water partition coefficient (Wildman–Crippen LogP) is 2.80. The largest absolute Gasteiger partial charge is 0.380 e. The quantitative estimate of drug-likeness (QED) is 0.903. The van der Waals surface area contributed by atoms with Gasteiger partial charge in [0.05, 0.1) is 6.61 Å². The number of ether oxygens (including phenoxy) is 1. The third-order valence-electron chi connectivity index (χ3n) is 3.91. The zero-order chi connectivity index (χ0) is 13.5. The van der Waals surface area contributed by atoms with Crippen molar-refractivity contribution >= 4 is 5.69 Å². The lowest BCUT2D eigenvalue weighted by Gasteiger charge is -2.31. The maximum absolute atomic E-state index is 5.32. The zero-order valence-electron chi connectivity index (χ0n) is 12.2. The molecule has 1 aliphatic heterocycles. The van der Waals surface area contributed by atoms with E-state index < -0.39 is 0 Å². The molecule has 1 atom stereocenters. The summed E-state index contributed by atoms with van der Waals surface area (Å²) in [6, 6.07) is 9.29. The summed E-state index contributed by atoms with van der Waals surface area (Å²) in [7, 11) is 1.77. The molecule has 0 aliphatic carbocycles. The van der Waals surface area contributed by atoms with Crippen LogP contribution in [0.15, 0.2) is 24.3 Å².